The average molecular weight is 174 g/mol. The molecule has 0 radical (unpaired) electrons. The largest absolute Gasteiger partial charge is 0.389 e. The Bertz CT molecular complexity index is 130. The minimum atomic E-state index is -0.327. The van der Waals surface area contributed by atoms with Gasteiger partial charge < -0.3 is 20.1 Å². The van der Waals surface area contributed by atoms with E-state index < -0.39 is 0 Å². The van der Waals surface area contributed by atoms with Crippen molar-refractivity contribution in [1.82, 2.24) is 10.2 Å². The number of aliphatic hydroxyl groups excluding tert-OH is 1. The number of aliphatic hydroxyl groups is 1. The van der Waals surface area contributed by atoms with Crippen LogP contribution in [0.25, 0.3) is 0 Å². The van der Waals surface area contributed by atoms with Gasteiger partial charge in [0.05, 0.1) is 25.4 Å². The Hall–Kier alpha value is -0.160. The molecule has 1 aliphatic heterocycles. The Balaban J connectivity index is 2.06. The van der Waals surface area contributed by atoms with Gasteiger partial charge >= 0.3 is 0 Å². The standard InChI is InChI=1S/C8H18N2O2/c1-10(2)4-3-9-7-5-12-6-8(7)11/h7-9,11H,3-6H2,1-2H3. The number of hydrogen-bond acceptors (Lipinski definition) is 4. The van der Waals surface area contributed by atoms with Crippen molar-refractivity contribution in [2.24, 2.45) is 0 Å². The van der Waals surface area contributed by atoms with Gasteiger partial charge in [-0.15, -0.1) is 0 Å². The molecular weight excluding hydrogens is 156 g/mol. The second kappa shape index (κ2) is 4.77. The topological polar surface area (TPSA) is 44.7 Å². The van der Waals surface area contributed by atoms with E-state index in [0.717, 1.165) is 13.1 Å². The van der Waals surface area contributed by atoms with E-state index in [-0.39, 0.29) is 12.1 Å². The average Bonchev–Trinajstić information content (AvgIpc) is 2.36. The van der Waals surface area contributed by atoms with E-state index in [4.69, 9.17) is 4.74 Å². The summed E-state index contributed by atoms with van der Waals surface area (Å²) in [5.41, 5.74) is 0. The first-order valence-corrected chi connectivity index (χ1v) is 4.34. The highest BCUT2D eigenvalue weighted by Gasteiger charge is 2.24. The smallest absolute Gasteiger partial charge is 0.0948 e. The fraction of sp³-hybridized carbons (Fsp3) is 1.00. The maximum Gasteiger partial charge on any atom is 0.0948 e. The lowest BCUT2D eigenvalue weighted by Crippen LogP contribution is -2.41. The van der Waals surface area contributed by atoms with Crippen LogP contribution < -0.4 is 5.32 Å². The number of nitrogens with one attached hydrogen (secondary N) is 1. The van der Waals surface area contributed by atoms with Gasteiger partial charge in [0.2, 0.25) is 0 Å². The second-order valence-corrected chi connectivity index (χ2v) is 3.47. The predicted molar refractivity (Wildman–Crippen MR) is 47.2 cm³/mol. The normalized spacial score (nSPS) is 30.0. The van der Waals surface area contributed by atoms with Gasteiger partial charge in [-0.05, 0) is 14.1 Å². The van der Waals surface area contributed by atoms with Crippen molar-refractivity contribution in [3.05, 3.63) is 0 Å². The fourth-order valence-electron chi connectivity index (χ4n) is 1.21. The molecule has 1 saturated heterocycles. The lowest BCUT2D eigenvalue weighted by molar-refractivity contribution is 0.122. The summed E-state index contributed by atoms with van der Waals surface area (Å²) in [5.74, 6) is 0. The molecule has 4 nitrogen and oxygen atoms in total. The molecule has 0 bridgehead atoms. The molecule has 0 saturated carbocycles. The lowest BCUT2D eigenvalue weighted by atomic mass is 10.2. The highest BCUT2D eigenvalue weighted by molar-refractivity contribution is 4.80. The SMILES string of the molecule is CN(C)CCNC1COCC1O. The molecule has 0 aliphatic carbocycles. The third-order valence-electron chi connectivity index (χ3n) is 2.02. The van der Waals surface area contributed by atoms with E-state index in [9.17, 15) is 5.11 Å². The first kappa shape index (κ1) is 9.92. The van der Waals surface area contributed by atoms with Crippen LogP contribution in [0.5, 0.6) is 0 Å². The van der Waals surface area contributed by atoms with Crippen molar-refractivity contribution in [2.75, 3.05) is 40.4 Å². The molecule has 1 heterocycles. The van der Waals surface area contributed by atoms with E-state index in [1.54, 1.807) is 0 Å². The maximum absolute atomic E-state index is 9.35. The molecule has 12 heavy (non-hydrogen) atoms. The van der Waals surface area contributed by atoms with Crippen LogP contribution >= 0.6 is 0 Å². The van der Waals surface area contributed by atoms with Crippen LogP contribution in [0.3, 0.4) is 0 Å². The maximum atomic E-state index is 9.35. The summed E-state index contributed by atoms with van der Waals surface area (Å²) in [6, 6.07) is 0.130. The Morgan fingerprint density at radius 3 is 2.75 bits per heavy atom. The zero-order valence-corrected chi connectivity index (χ0v) is 7.79. The summed E-state index contributed by atoms with van der Waals surface area (Å²) in [5, 5.41) is 12.6. The van der Waals surface area contributed by atoms with E-state index >= 15 is 0 Å². The van der Waals surface area contributed by atoms with E-state index in [2.05, 4.69) is 10.2 Å². The van der Waals surface area contributed by atoms with E-state index in [0.29, 0.717) is 13.2 Å². The first-order valence-electron chi connectivity index (χ1n) is 4.34. The molecule has 4 heteroatoms. The van der Waals surface area contributed by atoms with Gasteiger partial charge in [-0.3, -0.25) is 0 Å². The van der Waals surface area contributed by atoms with Gasteiger partial charge in [0.15, 0.2) is 0 Å². The summed E-state index contributed by atoms with van der Waals surface area (Å²) in [6.45, 7) is 3.00. The number of nitrogens with zero attached hydrogens (tertiary/aromatic N) is 1. The van der Waals surface area contributed by atoms with Crippen molar-refractivity contribution in [2.45, 2.75) is 12.1 Å². The van der Waals surface area contributed by atoms with Crippen molar-refractivity contribution in [3.8, 4) is 0 Å². The van der Waals surface area contributed by atoms with E-state index in [1.165, 1.54) is 0 Å². The molecular formula is C8H18N2O2. The van der Waals surface area contributed by atoms with Crippen LogP contribution in [0.2, 0.25) is 0 Å². The Kier molecular flexibility index (Phi) is 3.94. The van der Waals surface area contributed by atoms with Crippen molar-refractivity contribution < 1.29 is 9.84 Å². The van der Waals surface area contributed by atoms with Crippen LogP contribution in [0.4, 0.5) is 0 Å². The summed E-state index contributed by atoms with van der Waals surface area (Å²) in [4.78, 5) is 2.11. The van der Waals surface area contributed by atoms with Crippen LogP contribution in [-0.4, -0.2) is 62.6 Å². The van der Waals surface area contributed by atoms with Crippen molar-refractivity contribution in [1.29, 1.82) is 0 Å². The van der Waals surface area contributed by atoms with Gasteiger partial charge in [0.25, 0.3) is 0 Å². The third-order valence-corrected chi connectivity index (χ3v) is 2.02. The lowest BCUT2D eigenvalue weighted by Gasteiger charge is -2.16. The molecule has 0 spiro atoms. The molecule has 0 aromatic rings. The molecule has 0 aromatic heterocycles. The monoisotopic (exact) mass is 174 g/mol. The number of rotatable bonds is 4. The number of likely N-dealkylation sites (N-methyl/N-ethyl adjacent to an activating group) is 1. The molecule has 1 aliphatic rings. The van der Waals surface area contributed by atoms with Crippen LogP contribution in [0, 0.1) is 0 Å². The van der Waals surface area contributed by atoms with Crippen LogP contribution in [-0.2, 0) is 4.74 Å². The van der Waals surface area contributed by atoms with Gasteiger partial charge in [0, 0.05) is 13.1 Å². The minimum Gasteiger partial charge on any atom is -0.389 e. The quantitative estimate of drug-likeness (QED) is 0.568. The summed E-state index contributed by atoms with van der Waals surface area (Å²) in [7, 11) is 4.06. The Labute approximate surface area is 73.5 Å². The van der Waals surface area contributed by atoms with Gasteiger partial charge in [-0.1, -0.05) is 0 Å². The van der Waals surface area contributed by atoms with Gasteiger partial charge in [-0.2, -0.15) is 0 Å². The molecule has 2 atom stereocenters. The van der Waals surface area contributed by atoms with Crippen molar-refractivity contribution in [3.63, 3.8) is 0 Å². The number of ether oxygens (including phenoxy) is 1. The summed E-state index contributed by atoms with van der Waals surface area (Å²) < 4.78 is 5.10. The minimum absolute atomic E-state index is 0.130. The van der Waals surface area contributed by atoms with Crippen LogP contribution in [0.15, 0.2) is 0 Å². The Morgan fingerprint density at radius 2 is 2.25 bits per heavy atom. The zero-order valence-electron chi connectivity index (χ0n) is 7.79. The van der Waals surface area contributed by atoms with Crippen molar-refractivity contribution >= 4 is 0 Å². The predicted octanol–water partition coefficient (Wildman–Crippen LogP) is -1.10. The fourth-order valence-corrected chi connectivity index (χ4v) is 1.21. The molecule has 0 amide bonds. The zero-order chi connectivity index (χ0) is 8.97. The molecule has 72 valence electrons. The highest BCUT2D eigenvalue weighted by Crippen LogP contribution is 2.03. The molecule has 2 N–H and O–H groups in total. The molecule has 1 fully saturated rings. The molecule has 2 unspecified atom stereocenters. The molecule has 1 rings (SSSR count). The first-order chi connectivity index (χ1) is 5.70. The number of hydrogen-bond donors (Lipinski definition) is 2. The highest BCUT2D eigenvalue weighted by atomic mass is 16.5. The van der Waals surface area contributed by atoms with Gasteiger partial charge in [0.1, 0.15) is 0 Å². The second-order valence-electron chi connectivity index (χ2n) is 3.47. The van der Waals surface area contributed by atoms with E-state index in [1.807, 2.05) is 14.1 Å². The summed E-state index contributed by atoms with van der Waals surface area (Å²) in [6.07, 6.45) is -0.327. The van der Waals surface area contributed by atoms with Crippen LogP contribution in [0.1, 0.15) is 0 Å². The third kappa shape index (κ3) is 3.06. The summed E-state index contributed by atoms with van der Waals surface area (Å²) >= 11 is 0. The van der Waals surface area contributed by atoms with Gasteiger partial charge in [-0.25, -0.2) is 0 Å². The molecule has 0 aromatic carbocycles. The Morgan fingerprint density at radius 1 is 1.50 bits per heavy atom.